The van der Waals surface area contributed by atoms with Gasteiger partial charge in [-0.2, -0.15) is 5.10 Å². The molecule has 2 aromatic rings. The highest BCUT2D eigenvalue weighted by Gasteiger charge is 2.38. The Morgan fingerprint density at radius 3 is 2.81 bits per heavy atom. The van der Waals surface area contributed by atoms with E-state index in [1.165, 1.54) is 0 Å². The van der Waals surface area contributed by atoms with E-state index < -0.39 is 5.60 Å². The van der Waals surface area contributed by atoms with E-state index in [0.29, 0.717) is 43.2 Å². The molecule has 0 saturated carbocycles. The molecule has 3 heterocycles. The fourth-order valence-electron chi connectivity index (χ4n) is 4.07. The van der Waals surface area contributed by atoms with Crippen molar-refractivity contribution in [2.75, 3.05) is 13.1 Å². The number of amides is 1. The lowest BCUT2D eigenvalue weighted by Gasteiger charge is -2.37. The Balaban J connectivity index is 1.47. The van der Waals surface area contributed by atoms with E-state index in [1.54, 1.807) is 6.20 Å². The average molecular weight is 354 g/mol. The van der Waals surface area contributed by atoms with Crippen molar-refractivity contribution < 1.29 is 9.90 Å². The smallest absolute Gasteiger partial charge is 0.274 e. The highest BCUT2D eigenvalue weighted by molar-refractivity contribution is 5.94. The van der Waals surface area contributed by atoms with E-state index >= 15 is 0 Å². The molecule has 1 fully saturated rings. The number of hydrogen-bond acceptors (Lipinski definition) is 4. The number of carbonyl (C=O) groups excluding carboxylic acids is 1. The number of hydrogen-bond donors (Lipinski definition) is 2. The molecule has 0 radical (unpaired) electrons. The zero-order valence-corrected chi connectivity index (χ0v) is 15.5. The maximum absolute atomic E-state index is 13.0. The minimum atomic E-state index is -0.954. The lowest BCUT2D eigenvalue weighted by atomic mass is 9.86. The number of aryl methyl sites for hydroxylation is 2. The molecular weight excluding hydrogens is 328 g/mol. The van der Waals surface area contributed by atoms with Crippen LogP contribution in [0.5, 0.6) is 0 Å². The highest BCUT2D eigenvalue weighted by Crippen LogP contribution is 2.33. The molecule has 0 aromatic carbocycles. The number of piperidine rings is 1. The first-order valence-corrected chi connectivity index (χ1v) is 9.47. The number of nitrogens with zero attached hydrogens (tertiary/aromatic N) is 3. The van der Waals surface area contributed by atoms with Crippen molar-refractivity contribution >= 4 is 5.91 Å². The van der Waals surface area contributed by atoms with Crippen molar-refractivity contribution in [1.82, 2.24) is 20.1 Å². The van der Waals surface area contributed by atoms with Gasteiger partial charge in [0, 0.05) is 30.5 Å². The first-order valence-electron chi connectivity index (χ1n) is 9.47. The summed E-state index contributed by atoms with van der Waals surface area (Å²) < 4.78 is 0. The predicted molar refractivity (Wildman–Crippen MR) is 97.8 cm³/mol. The van der Waals surface area contributed by atoms with Gasteiger partial charge in [0.25, 0.3) is 5.91 Å². The van der Waals surface area contributed by atoms with E-state index in [9.17, 15) is 9.90 Å². The summed E-state index contributed by atoms with van der Waals surface area (Å²) in [6, 6.07) is 3.85. The van der Waals surface area contributed by atoms with Crippen LogP contribution in [0, 0.1) is 12.8 Å². The fourth-order valence-corrected chi connectivity index (χ4v) is 4.07. The van der Waals surface area contributed by atoms with Crippen molar-refractivity contribution in [3.05, 3.63) is 46.5 Å². The topological polar surface area (TPSA) is 82.1 Å². The van der Waals surface area contributed by atoms with Crippen molar-refractivity contribution in [3.63, 3.8) is 0 Å². The molecule has 6 nitrogen and oxygen atoms in total. The molecule has 1 saturated heterocycles. The number of H-pyrrole nitrogens is 1. The SMILES string of the molecule is Cc1ccc(C2(O)CCN(C(=O)c3n[nH]c4c3CC(C)CC4)CC2)nc1. The summed E-state index contributed by atoms with van der Waals surface area (Å²) in [7, 11) is 0. The van der Waals surface area contributed by atoms with Gasteiger partial charge in [0.15, 0.2) is 5.69 Å². The summed E-state index contributed by atoms with van der Waals surface area (Å²) in [5.41, 5.74) is 3.59. The van der Waals surface area contributed by atoms with Crippen LogP contribution in [0.2, 0.25) is 0 Å². The van der Waals surface area contributed by atoms with Crippen molar-refractivity contribution in [3.8, 4) is 0 Å². The third-order valence-corrected chi connectivity index (χ3v) is 5.86. The van der Waals surface area contributed by atoms with Crippen LogP contribution in [0.25, 0.3) is 0 Å². The van der Waals surface area contributed by atoms with Crippen LogP contribution in [0.3, 0.4) is 0 Å². The zero-order chi connectivity index (χ0) is 18.3. The number of aromatic nitrogens is 3. The van der Waals surface area contributed by atoms with Crippen molar-refractivity contribution in [2.45, 2.75) is 51.6 Å². The standard InChI is InChI=1S/C20H26N4O2/c1-13-3-5-16-15(11-13)18(23-22-16)19(25)24-9-7-20(26,8-10-24)17-6-4-14(2)12-21-17/h4,6,12-13,26H,3,5,7-11H2,1-2H3,(H,22,23). The Morgan fingerprint density at radius 1 is 1.35 bits per heavy atom. The molecule has 2 aliphatic rings. The van der Waals surface area contributed by atoms with Gasteiger partial charge >= 0.3 is 0 Å². The lowest BCUT2D eigenvalue weighted by molar-refractivity contribution is -0.0245. The Kier molecular flexibility index (Phi) is 4.31. The summed E-state index contributed by atoms with van der Waals surface area (Å²) in [6.45, 7) is 5.23. The monoisotopic (exact) mass is 354 g/mol. The third kappa shape index (κ3) is 3.03. The van der Waals surface area contributed by atoms with Crippen LogP contribution in [-0.4, -0.2) is 44.2 Å². The van der Waals surface area contributed by atoms with Crippen LogP contribution in [0.15, 0.2) is 18.3 Å². The molecule has 1 aliphatic carbocycles. The summed E-state index contributed by atoms with van der Waals surface area (Å²) >= 11 is 0. The maximum Gasteiger partial charge on any atom is 0.274 e. The zero-order valence-electron chi connectivity index (χ0n) is 15.5. The molecule has 2 N–H and O–H groups in total. The minimum absolute atomic E-state index is 0.0180. The number of aliphatic hydroxyl groups is 1. The van der Waals surface area contributed by atoms with Gasteiger partial charge < -0.3 is 10.0 Å². The number of likely N-dealkylation sites (tertiary alicyclic amines) is 1. The molecule has 1 amide bonds. The first-order chi connectivity index (χ1) is 12.5. The molecule has 26 heavy (non-hydrogen) atoms. The van der Waals surface area contributed by atoms with E-state index in [2.05, 4.69) is 22.1 Å². The minimum Gasteiger partial charge on any atom is -0.383 e. The van der Waals surface area contributed by atoms with Gasteiger partial charge in [0.05, 0.1) is 5.69 Å². The Morgan fingerprint density at radius 2 is 2.12 bits per heavy atom. The van der Waals surface area contributed by atoms with Gasteiger partial charge in [-0.25, -0.2) is 0 Å². The second-order valence-electron chi connectivity index (χ2n) is 7.92. The molecule has 0 spiro atoms. The average Bonchev–Trinajstić information content (AvgIpc) is 3.05. The summed E-state index contributed by atoms with van der Waals surface area (Å²) in [5, 5.41) is 18.3. The number of rotatable bonds is 2. The van der Waals surface area contributed by atoms with E-state index in [0.717, 1.165) is 36.1 Å². The van der Waals surface area contributed by atoms with Crippen molar-refractivity contribution in [2.24, 2.45) is 5.92 Å². The quantitative estimate of drug-likeness (QED) is 0.867. The number of pyridine rings is 1. The molecule has 1 aliphatic heterocycles. The second-order valence-corrected chi connectivity index (χ2v) is 7.92. The van der Waals surface area contributed by atoms with Gasteiger partial charge in [0.1, 0.15) is 5.60 Å². The van der Waals surface area contributed by atoms with Crippen molar-refractivity contribution in [1.29, 1.82) is 0 Å². The summed E-state index contributed by atoms with van der Waals surface area (Å²) in [4.78, 5) is 19.2. The normalized spacial score (nSPS) is 22.1. The Bertz CT molecular complexity index is 804. The van der Waals surface area contributed by atoms with E-state index in [1.807, 2.05) is 24.0 Å². The number of aromatic amines is 1. The van der Waals surface area contributed by atoms with Crippen LogP contribution in [0.4, 0.5) is 0 Å². The largest absolute Gasteiger partial charge is 0.383 e. The first kappa shape index (κ1) is 17.2. The Hall–Kier alpha value is -2.21. The highest BCUT2D eigenvalue weighted by atomic mass is 16.3. The predicted octanol–water partition coefficient (Wildman–Crippen LogP) is 2.36. The van der Waals surface area contributed by atoms with Gasteiger partial charge in [-0.05, 0) is 56.6 Å². The number of fused-ring (bicyclic) bond motifs is 1. The molecule has 138 valence electrons. The van der Waals surface area contributed by atoms with Crippen LogP contribution in [-0.2, 0) is 18.4 Å². The van der Waals surface area contributed by atoms with Gasteiger partial charge in [-0.3, -0.25) is 14.9 Å². The number of carbonyl (C=O) groups is 1. The van der Waals surface area contributed by atoms with E-state index in [4.69, 9.17) is 0 Å². The summed E-state index contributed by atoms with van der Waals surface area (Å²) in [6.07, 6.45) is 5.80. The van der Waals surface area contributed by atoms with Crippen LogP contribution in [0.1, 0.15) is 59.2 Å². The second kappa shape index (κ2) is 6.50. The maximum atomic E-state index is 13.0. The molecule has 1 unspecified atom stereocenters. The van der Waals surface area contributed by atoms with Gasteiger partial charge in [-0.15, -0.1) is 0 Å². The molecule has 2 aromatic heterocycles. The fraction of sp³-hybridized carbons (Fsp3) is 0.550. The Labute approximate surface area is 153 Å². The van der Waals surface area contributed by atoms with E-state index in [-0.39, 0.29) is 5.91 Å². The molecule has 6 heteroatoms. The van der Waals surface area contributed by atoms with Gasteiger partial charge in [-0.1, -0.05) is 13.0 Å². The summed E-state index contributed by atoms with van der Waals surface area (Å²) in [5.74, 6) is 0.571. The number of nitrogens with one attached hydrogen (secondary N) is 1. The van der Waals surface area contributed by atoms with Crippen LogP contribution >= 0.6 is 0 Å². The lowest BCUT2D eigenvalue weighted by Crippen LogP contribution is -2.45. The molecule has 4 rings (SSSR count). The molecule has 0 bridgehead atoms. The molecular formula is C20H26N4O2. The van der Waals surface area contributed by atoms with Gasteiger partial charge in [0.2, 0.25) is 0 Å². The third-order valence-electron chi connectivity index (χ3n) is 5.86. The molecule has 1 atom stereocenters. The van der Waals surface area contributed by atoms with Crippen LogP contribution < -0.4 is 0 Å².